The Morgan fingerprint density at radius 3 is 2.95 bits per heavy atom. The molecule has 6 heteroatoms. The van der Waals surface area contributed by atoms with Gasteiger partial charge in [0.1, 0.15) is 4.88 Å². The number of methoxy groups -OCH3 is 1. The molecule has 1 saturated carbocycles. The van der Waals surface area contributed by atoms with E-state index >= 15 is 0 Å². The number of hydrogen-bond acceptors (Lipinski definition) is 5. The molecule has 2 aliphatic rings. The molecule has 0 bridgehead atoms. The van der Waals surface area contributed by atoms with Gasteiger partial charge in [0.15, 0.2) is 0 Å². The van der Waals surface area contributed by atoms with Gasteiger partial charge in [0.2, 0.25) is 0 Å². The first-order valence-corrected chi connectivity index (χ1v) is 8.73. The quantitative estimate of drug-likeness (QED) is 0.903. The average Bonchev–Trinajstić information content (AvgIpc) is 3.06. The maximum Gasteiger partial charge on any atom is 0.263 e. The van der Waals surface area contributed by atoms with Gasteiger partial charge >= 0.3 is 0 Å². The van der Waals surface area contributed by atoms with E-state index in [2.05, 4.69) is 24.1 Å². The molecule has 1 amide bonds. The van der Waals surface area contributed by atoms with Crippen LogP contribution in [-0.4, -0.2) is 43.4 Å². The van der Waals surface area contributed by atoms with Gasteiger partial charge in [-0.3, -0.25) is 4.79 Å². The molecule has 2 fully saturated rings. The maximum atomic E-state index is 12.6. The second-order valence-corrected chi connectivity index (χ2v) is 7.56. The molecule has 1 saturated heterocycles. The van der Waals surface area contributed by atoms with E-state index in [4.69, 9.17) is 9.47 Å². The fourth-order valence-corrected chi connectivity index (χ4v) is 4.50. The fourth-order valence-electron chi connectivity index (χ4n) is 3.53. The zero-order chi connectivity index (χ0) is 15.9. The summed E-state index contributed by atoms with van der Waals surface area (Å²) >= 11 is 1.51. The van der Waals surface area contributed by atoms with Crippen molar-refractivity contribution in [1.82, 2.24) is 10.3 Å². The molecular weight excluding hydrogens is 300 g/mol. The Labute approximate surface area is 135 Å². The lowest BCUT2D eigenvalue weighted by atomic mass is 9.67. The number of carbonyl (C=O) groups is 1. The molecule has 0 aromatic carbocycles. The van der Waals surface area contributed by atoms with E-state index in [1.165, 1.54) is 11.3 Å². The Morgan fingerprint density at radius 2 is 2.32 bits per heavy atom. The molecule has 2 heterocycles. The van der Waals surface area contributed by atoms with Crippen LogP contribution in [0.15, 0.2) is 0 Å². The van der Waals surface area contributed by atoms with Crippen LogP contribution in [0.4, 0.5) is 0 Å². The highest BCUT2D eigenvalue weighted by Gasteiger charge is 2.54. The van der Waals surface area contributed by atoms with E-state index in [1.54, 1.807) is 7.11 Å². The van der Waals surface area contributed by atoms with Crippen molar-refractivity contribution in [2.24, 2.45) is 11.8 Å². The van der Waals surface area contributed by atoms with Crippen LogP contribution in [-0.2, 0) is 9.47 Å². The standard InChI is InChI=1S/C16H24N2O3S/c1-8(2)16-17-9(3)14(22-16)15(19)18-12-10-5-6-21-13(10)11(12)7-20-4/h8,10-13H,5-7H2,1-4H3,(H,18,19)/t10-,11-,12-,13-/m0/s1. The Balaban J connectivity index is 1.71. The summed E-state index contributed by atoms with van der Waals surface area (Å²) in [4.78, 5) is 17.9. The van der Waals surface area contributed by atoms with Crippen molar-refractivity contribution in [2.75, 3.05) is 20.3 Å². The Hall–Kier alpha value is -0.980. The van der Waals surface area contributed by atoms with Crippen molar-refractivity contribution in [3.8, 4) is 0 Å². The predicted octanol–water partition coefficient (Wildman–Crippen LogP) is 2.35. The summed E-state index contributed by atoms with van der Waals surface area (Å²) in [7, 11) is 1.70. The van der Waals surface area contributed by atoms with Crippen molar-refractivity contribution >= 4 is 17.2 Å². The summed E-state index contributed by atoms with van der Waals surface area (Å²) in [6.07, 6.45) is 1.27. The van der Waals surface area contributed by atoms with E-state index in [0.717, 1.165) is 28.6 Å². The maximum absolute atomic E-state index is 12.6. The van der Waals surface area contributed by atoms with Gasteiger partial charge in [0, 0.05) is 37.5 Å². The van der Waals surface area contributed by atoms with Crippen LogP contribution in [0.2, 0.25) is 0 Å². The fraction of sp³-hybridized carbons (Fsp3) is 0.750. The first kappa shape index (κ1) is 15.9. The van der Waals surface area contributed by atoms with Crippen LogP contribution in [0.3, 0.4) is 0 Å². The SMILES string of the molecule is COC[C@H]1[C@@H](NC(=O)c2sc(C(C)C)nc2C)[C@@H]2CCO[C@@H]21. The van der Waals surface area contributed by atoms with Crippen LogP contribution >= 0.6 is 11.3 Å². The molecule has 1 aliphatic heterocycles. The summed E-state index contributed by atoms with van der Waals surface area (Å²) in [5, 5.41) is 4.22. The normalized spacial score (nSPS) is 30.2. The summed E-state index contributed by atoms with van der Waals surface area (Å²) in [5.41, 5.74) is 0.827. The lowest BCUT2D eigenvalue weighted by molar-refractivity contribution is -0.0809. The molecule has 1 aromatic rings. The monoisotopic (exact) mass is 324 g/mol. The highest BCUT2D eigenvalue weighted by atomic mass is 32.1. The second kappa shape index (κ2) is 6.26. The van der Waals surface area contributed by atoms with Gasteiger partial charge in [-0.05, 0) is 13.3 Å². The highest BCUT2D eigenvalue weighted by Crippen LogP contribution is 2.44. The molecule has 0 spiro atoms. The van der Waals surface area contributed by atoms with Crippen LogP contribution in [0, 0.1) is 18.8 Å². The van der Waals surface area contributed by atoms with Gasteiger partial charge in [-0.1, -0.05) is 13.8 Å². The third kappa shape index (κ3) is 2.68. The van der Waals surface area contributed by atoms with Crippen LogP contribution in [0.25, 0.3) is 0 Å². The molecule has 122 valence electrons. The number of rotatable bonds is 5. The summed E-state index contributed by atoms with van der Waals surface area (Å²) < 4.78 is 11.0. The first-order chi connectivity index (χ1) is 10.5. The minimum Gasteiger partial charge on any atom is -0.384 e. The number of aryl methyl sites for hydroxylation is 1. The van der Waals surface area contributed by atoms with Gasteiger partial charge < -0.3 is 14.8 Å². The molecule has 5 nitrogen and oxygen atoms in total. The number of fused-ring (bicyclic) bond motifs is 1. The minimum atomic E-state index is -0.00152. The topological polar surface area (TPSA) is 60.5 Å². The summed E-state index contributed by atoms with van der Waals surface area (Å²) in [6.45, 7) is 7.53. The molecule has 3 rings (SSSR count). The number of carbonyl (C=O) groups excluding carboxylic acids is 1. The van der Waals surface area contributed by atoms with Crippen LogP contribution < -0.4 is 5.32 Å². The third-order valence-electron chi connectivity index (χ3n) is 4.70. The van der Waals surface area contributed by atoms with Crippen molar-refractivity contribution in [1.29, 1.82) is 0 Å². The van der Waals surface area contributed by atoms with Crippen molar-refractivity contribution in [3.05, 3.63) is 15.6 Å². The van der Waals surface area contributed by atoms with Gasteiger partial charge in [-0.2, -0.15) is 0 Å². The number of hydrogen-bond donors (Lipinski definition) is 1. The van der Waals surface area contributed by atoms with Crippen LogP contribution in [0.5, 0.6) is 0 Å². The average molecular weight is 324 g/mol. The lowest BCUT2D eigenvalue weighted by Crippen LogP contribution is -2.62. The lowest BCUT2D eigenvalue weighted by Gasteiger charge is -2.47. The van der Waals surface area contributed by atoms with Crippen molar-refractivity contribution in [3.63, 3.8) is 0 Å². The molecule has 0 unspecified atom stereocenters. The van der Waals surface area contributed by atoms with E-state index in [1.807, 2.05) is 6.92 Å². The zero-order valence-electron chi connectivity index (χ0n) is 13.6. The Bertz CT molecular complexity index is 558. The number of nitrogens with zero attached hydrogens (tertiary/aromatic N) is 1. The number of amides is 1. The van der Waals surface area contributed by atoms with Gasteiger partial charge in [-0.15, -0.1) is 11.3 Å². The number of ether oxygens (including phenoxy) is 2. The van der Waals surface area contributed by atoms with Crippen molar-refractivity contribution < 1.29 is 14.3 Å². The molecule has 1 N–H and O–H groups in total. The molecule has 22 heavy (non-hydrogen) atoms. The largest absolute Gasteiger partial charge is 0.384 e. The summed E-state index contributed by atoms with van der Waals surface area (Å²) in [6, 6.07) is 0.156. The van der Waals surface area contributed by atoms with E-state index in [0.29, 0.717) is 18.4 Å². The van der Waals surface area contributed by atoms with E-state index in [9.17, 15) is 4.79 Å². The molecule has 1 aromatic heterocycles. The van der Waals surface area contributed by atoms with E-state index < -0.39 is 0 Å². The minimum absolute atomic E-state index is 0.00152. The van der Waals surface area contributed by atoms with Gasteiger partial charge in [0.05, 0.1) is 23.4 Å². The van der Waals surface area contributed by atoms with Crippen LogP contribution in [0.1, 0.15) is 46.6 Å². The molecule has 1 aliphatic carbocycles. The summed E-state index contributed by atoms with van der Waals surface area (Å²) in [5.74, 6) is 1.04. The van der Waals surface area contributed by atoms with Gasteiger partial charge in [0.25, 0.3) is 5.91 Å². The molecular formula is C16H24N2O3S. The Kier molecular flexibility index (Phi) is 4.52. The number of aromatic nitrogens is 1. The number of nitrogens with one attached hydrogen (secondary N) is 1. The highest BCUT2D eigenvalue weighted by molar-refractivity contribution is 7.13. The van der Waals surface area contributed by atoms with Gasteiger partial charge in [-0.25, -0.2) is 4.98 Å². The predicted molar refractivity (Wildman–Crippen MR) is 85.4 cm³/mol. The smallest absolute Gasteiger partial charge is 0.263 e. The second-order valence-electron chi connectivity index (χ2n) is 6.53. The Morgan fingerprint density at radius 1 is 1.55 bits per heavy atom. The first-order valence-electron chi connectivity index (χ1n) is 7.91. The van der Waals surface area contributed by atoms with E-state index in [-0.39, 0.29) is 24.0 Å². The molecule has 0 radical (unpaired) electrons. The van der Waals surface area contributed by atoms with Crippen molar-refractivity contribution in [2.45, 2.75) is 45.3 Å². The number of thiazole rings is 1. The third-order valence-corrected chi connectivity index (χ3v) is 6.15. The molecule has 4 atom stereocenters. The zero-order valence-corrected chi connectivity index (χ0v) is 14.4.